The third-order valence-corrected chi connectivity index (χ3v) is 5.58. The molecule has 3 rings (SSSR count). The predicted molar refractivity (Wildman–Crippen MR) is 139 cm³/mol. The number of rotatable bonds is 9. The molecule has 0 atom stereocenters. The van der Waals surface area contributed by atoms with Gasteiger partial charge in [0.1, 0.15) is 18.1 Å². The first kappa shape index (κ1) is 25.7. The number of halogens is 2. The van der Waals surface area contributed by atoms with Gasteiger partial charge in [-0.05, 0) is 98.5 Å². The van der Waals surface area contributed by atoms with Gasteiger partial charge in [0.25, 0.3) is 0 Å². The number of benzene rings is 3. The summed E-state index contributed by atoms with van der Waals surface area (Å²) in [6, 6.07) is 20.9. The Kier molecular flexibility index (Phi) is 8.65. The van der Waals surface area contributed by atoms with Crippen LogP contribution >= 0.6 is 23.2 Å². The van der Waals surface area contributed by atoms with Crippen molar-refractivity contribution >= 4 is 34.7 Å². The molecule has 0 spiro atoms. The normalized spacial score (nSPS) is 11.8. The Morgan fingerprint density at radius 2 is 1.47 bits per heavy atom. The van der Waals surface area contributed by atoms with Crippen LogP contribution in [0, 0.1) is 0 Å². The smallest absolute Gasteiger partial charge is 0.349 e. The van der Waals surface area contributed by atoms with E-state index in [1.54, 1.807) is 39.0 Å². The van der Waals surface area contributed by atoms with Crippen molar-refractivity contribution in [2.45, 2.75) is 33.3 Å². The van der Waals surface area contributed by atoms with E-state index in [2.05, 4.69) is 12.1 Å². The molecule has 178 valence electrons. The predicted octanol–water partition coefficient (Wildman–Crippen LogP) is 7.86. The monoisotopic (exact) mass is 498 g/mol. The molecule has 0 aliphatic rings. The number of carbonyl (C=O) groups excluding carboxylic acids is 1. The lowest BCUT2D eigenvalue weighted by atomic mass is 10.0. The SMILES string of the molecule is CCOC(=O)C(C)(C)Oc1ccc(OCC=C(C)c2ccc(-c3cc(Cl)cc(Cl)c3)cc2)cc1. The van der Waals surface area contributed by atoms with E-state index in [4.69, 9.17) is 37.4 Å². The highest BCUT2D eigenvalue weighted by molar-refractivity contribution is 6.35. The maximum atomic E-state index is 12.0. The van der Waals surface area contributed by atoms with Crippen molar-refractivity contribution in [3.63, 3.8) is 0 Å². The van der Waals surface area contributed by atoms with Gasteiger partial charge in [0.05, 0.1) is 6.61 Å². The third kappa shape index (κ3) is 7.02. The molecule has 34 heavy (non-hydrogen) atoms. The van der Waals surface area contributed by atoms with E-state index in [9.17, 15) is 4.79 Å². The van der Waals surface area contributed by atoms with Crippen molar-refractivity contribution < 1.29 is 19.0 Å². The van der Waals surface area contributed by atoms with Crippen molar-refractivity contribution in [3.8, 4) is 22.6 Å². The van der Waals surface area contributed by atoms with Crippen molar-refractivity contribution in [2.75, 3.05) is 13.2 Å². The van der Waals surface area contributed by atoms with Crippen LogP contribution in [0.25, 0.3) is 16.7 Å². The molecule has 3 aromatic rings. The van der Waals surface area contributed by atoms with E-state index >= 15 is 0 Å². The zero-order chi connectivity index (χ0) is 24.7. The van der Waals surface area contributed by atoms with Crippen LogP contribution in [0.3, 0.4) is 0 Å². The first-order valence-corrected chi connectivity index (χ1v) is 11.8. The van der Waals surface area contributed by atoms with Gasteiger partial charge >= 0.3 is 5.97 Å². The average Bonchev–Trinajstić information content (AvgIpc) is 2.79. The Morgan fingerprint density at radius 1 is 0.882 bits per heavy atom. The summed E-state index contributed by atoms with van der Waals surface area (Å²) in [5, 5.41) is 1.23. The van der Waals surface area contributed by atoms with Gasteiger partial charge in [0, 0.05) is 10.0 Å². The van der Waals surface area contributed by atoms with Gasteiger partial charge in [0.2, 0.25) is 0 Å². The second kappa shape index (κ2) is 11.5. The summed E-state index contributed by atoms with van der Waals surface area (Å²) in [6.07, 6.45) is 2.03. The van der Waals surface area contributed by atoms with E-state index in [1.165, 1.54) is 0 Å². The van der Waals surface area contributed by atoms with Gasteiger partial charge < -0.3 is 14.2 Å². The fraction of sp³-hybridized carbons (Fsp3) is 0.250. The molecule has 0 radical (unpaired) electrons. The van der Waals surface area contributed by atoms with E-state index in [-0.39, 0.29) is 0 Å². The summed E-state index contributed by atoms with van der Waals surface area (Å²) in [6.45, 7) is 7.91. The lowest BCUT2D eigenvalue weighted by Crippen LogP contribution is -2.39. The molecule has 0 saturated carbocycles. The van der Waals surface area contributed by atoms with Crippen LogP contribution < -0.4 is 9.47 Å². The molecule has 6 heteroatoms. The summed E-state index contributed by atoms with van der Waals surface area (Å²) in [4.78, 5) is 12.0. The number of allylic oxidation sites excluding steroid dienone is 1. The van der Waals surface area contributed by atoms with Crippen LogP contribution in [-0.4, -0.2) is 24.8 Å². The molecule has 0 saturated heterocycles. The molecule has 0 unspecified atom stereocenters. The molecule has 0 fully saturated rings. The maximum absolute atomic E-state index is 12.0. The number of hydrogen-bond donors (Lipinski definition) is 0. The molecule has 0 heterocycles. The Morgan fingerprint density at radius 3 is 2.06 bits per heavy atom. The number of carbonyl (C=O) groups is 1. The molecule has 0 amide bonds. The van der Waals surface area contributed by atoms with Gasteiger partial charge in [-0.25, -0.2) is 4.79 Å². The third-order valence-electron chi connectivity index (χ3n) is 5.14. The first-order valence-electron chi connectivity index (χ1n) is 11.0. The Labute approximate surface area is 211 Å². The van der Waals surface area contributed by atoms with Gasteiger partial charge in [-0.3, -0.25) is 0 Å². The lowest BCUT2D eigenvalue weighted by Gasteiger charge is -2.24. The molecular formula is C28H28Cl2O4. The molecule has 4 nitrogen and oxygen atoms in total. The van der Waals surface area contributed by atoms with Gasteiger partial charge in [0.15, 0.2) is 5.60 Å². The lowest BCUT2D eigenvalue weighted by molar-refractivity contribution is -0.158. The zero-order valence-electron chi connectivity index (χ0n) is 19.7. The first-order chi connectivity index (χ1) is 16.2. The van der Waals surface area contributed by atoms with E-state index in [0.717, 1.165) is 22.3 Å². The minimum absolute atomic E-state index is 0.312. The molecule has 0 aromatic heterocycles. The van der Waals surface area contributed by atoms with Crippen LogP contribution in [0.5, 0.6) is 11.5 Å². The van der Waals surface area contributed by atoms with E-state index in [0.29, 0.717) is 34.8 Å². The Bertz CT molecular complexity index is 1130. The molecule has 0 aliphatic heterocycles. The second-order valence-corrected chi connectivity index (χ2v) is 9.11. The fourth-order valence-corrected chi connectivity index (χ4v) is 3.80. The number of esters is 1. The highest BCUT2D eigenvalue weighted by atomic mass is 35.5. The zero-order valence-corrected chi connectivity index (χ0v) is 21.2. The Hall–Kier alpha value is -2.95. The fourth-order valence-electron chi connectivity index (χ4n) is 3.27. The second-order valence-electron chi connectivity index (χ2n) is 8.24. The molecule has 0 bridgehead atoms. The van der Waals surface area contributed by atoms with Gasteiger partial charge in [-0.2, -0.15) is 0 Å². The van der Waals surface area contributed by atoms with Crippen LogP contribution in [-0.2, 0) is 9.53 Å². The van der Waals surface area contributed by atoms with Crippen LogP contribution in [0.4, 0.5) is 0 Å². The van der Waals surface area contributed by atoms with Gasteiger partial charge in [-0.15, -0.1) is 0 Å². The maximum Gasteiger partial charge on any atom is 0.349 e. The number of ether oxygens (including phenoxy) is 3. The van der Waals surface area contributed by atoms with Crippen molar-refractivity contribution in [2.24, 2.45) is 0 Å². The minimum Gasteiger partial charge on any atom is -0.490 e. The molecule has 3 aromatic carbocycles. The minimum atomic E-state index is -1.06. The topological polar surface area (TPSA) is 44.8 Å². The Balaban J connectivity index is 1.57. The van der Waals surface area contributed by atoms with Crippen molar-refractivity contribution in [1.82, 2.24) is 0 Å². The van der Waals surface area contributed by atoms with Crippen LogP contribution in [0.2, 0.25) is 10.0 Å². The van der Waals surface area contributed by atoms with Gasteiger partial charge in [-0.1, -0.05) is 47.5 Å². The highest BCUT2D eigenvalue weighted by Gasteiger charge is 2.31. The van der Waals surface area contributed by atoms with Crippen molar-refractivity contribution in [3.05, 3.63) is 88.4 Å². The highest BCUT2D eigenvalue weighted by Crippen LogP contribution is 2.28. The number of hydrogen-bond acceptors (Lipinski definition) is 4. The van der Waals surface area contributed by atoms with E-state index in [1.807, 2.05) is 49.4 Å². The van der Waals surface area contributed by atoms with Crippen LogP contribution in [0.1, 0.15) is 33.3 Å². The summed E-state index contributed by atoms with van der Waals surface area (Å²) < 4.78 is 16.7. The summed E-state index contributed by atoms with van der Waals surface area (Å²) in [5.41, 5.74) is 3.17. The summed E-state index contributed by atoms with van der Waals surface area (Å²) >= 11 is 12.2. The standard InChI is InChI=1S/C28H28Cl2O4/c1-5-32-27(31)28(3,4)34-26-12-10-25(11-13-26)33-15-14-19(2)20-6-8-21(9-7-20)22-16-23(29)18-24(30)17-22/h6-14,16-18H,5,15H2,1-4H3. The molecular weight excluding hydrogens is 471 g/mol. The molecule has 0 aliphatic carbocycles. The largest absolute Gasteiger partial charge is 0.490 e. The summed E-state index contributed by atoms with van der Waals surface area (Å²) in [5.74, 6) is 0.872. The van der Waals surface area contributed by atoms with Crippen LogP contribution in [0.15, 0.2) is 72.8 Å². The average molecular weight is 499 g/mol. The molecule has 0 N–H and O–H groups in total. The van der Waals surface area contributed by atoms with Crippen molar-refractivity contribution in [1.29, 1.82) is 0 Å². The quantitative estimate of drug-likeness (QED) is 0.281. The summed E-state index contributed by atoms with van der Waals surface area (Å²) in [7, 11) is 0. The van der Waals surface area contributed by atoms with E-state index < -0.39 is 11.6 Å².